The number of alkyl halides is 3. The minimum absolute atomic E-state index is 0.0372. The van der Waals surface area contributed by atoms with E-state index in [4.69, 9.17) is 14.6 Å². The molecule has 4 rings (SSSR count). The van der Waals surface area contributed by atoms with Gasteiger partial charge in [0.05, 0.1) is 25.6 Å². The summed E-state index contributed by atoms with van der Waals surface area (Å²) in [4.78, 5) is 24.4. The SMILES string of the molecule is O=C(O)CC1CN(C(=O)OCC2c3ccccc3-c3ccccc32)CC(C(F)(F)F)O1. The van der Waals surface area contributed by atoms with E-state index < -0.39 is 43.4 Å². The molecule has 2 aromatic carbocycles. The smallest absolute Gasteiger partial charge is 0.416 e. The van der Waals surface area contributed by atoms with Crippen LogP contribution >= 0.6 is 0 Å². The van der Waals surface area contributed by atoms with E-state index in [1.165, 1.54) is 0 Å². The second-order valence-electron chi connectivity index (χ2n) is 7.60. The van der Waals surface area contributed by atoms with E-state index in [9.17, 15) is 22.8 Å². The van der Waals surface area contributed by atoms with Crippen molar-refractivity contribution in [2.75, 3.05) is 19.7 Å². The average molecular weight is 435 g/mol. The van der Waals surface area contributed by atoms with Crippen LogP contribution in [-0.2, 0) is 14.3 Å². The summed E-state index contributed by atoms with van der Waals surface area (Å²) in [5.41, 5.74) is 4.03. The number of nitrogens with zero attached hydrogens (tertiary/aromatic N) is 1. The van der Waals surface area contributed by atoms with Crippen LogP contribution in [0, 0.1) is 0 Å². The molecule has 1 aliphatic heterocycles. The van der Waals surface area contributed by atoms with Gasteiger partial charge in [-0.3, -0.25) is 4.79 Å². The Balaban J connectivity index is 1.48. The van der Waals surface area contributed by atoms with Gasteiger partial charge in [-0.1, -0.05) is 48.5 Å². The number of hydrogen-bond acceptors (Lipinski definition) is 4. The van der Waals surface area contributed by atoms with Crippen molar-refractivity contribution in [1.82, 2.24) is 4.90 Å². The largest absolute Gasteiger partial charge is 0.481 e. The third-order valence-electron chi connectivity index (χ3n) is 5.53. The number of hydrogen-bond donors (Lipinski definition) is 1. The third kappa shape index (κ3) is 4.36. The lowest BCUT2D eigenvalue weighted by Gasteiger charge is -2.37. The van der Waals surface area contributed by atoms with Crippen molar-refractivity contribution in [3.63, 3.8) is 0 Å². The Morgan fingerprint density at radius 2 is 1.61 bits per heavy atom. The van der Waals surface area contributed by atoms with Gasteiger partial charge in [-0.05, 0) is 22.3 Å². The number of benzene rings is 2. The van der Waals surface area contributed by atoms with Crippen LogP contribution < -0.4 is 0 Å². The van der Waals surface area contributed by atoms with Crippen molar-refractivity contribution in [3.8, 4) is 11.1 Å². The molecule has 6 nitrogen and oxygen atoms in total. The van der Waals surface area contributed by atoms with Crippen molar-refractivity contribution >= 4 is 12.1 Å². The molecule has 0 aromatic heterocycles. The molecule has 2 aromatic rings. The van der Waals surface area contributed by atoms with E-state index in [0.29, 0.717) is 0 Å². The van der Waals surface area contributed by atoms with Crippen LogP contribution in [0.1, 0.15) is 23.5 Å². The number of carbonyl (C=O) groups excluding carboxylic acids is 1. The van der Waals surface area contributed by atoms with Gasteiger partial charge in [-0.25, -0.2) is 4.79 Å². The lowest BCUT2D eigenvalue weighted by molar-refractivity contribution is -0.251. The quantitative estimate of drug-likeness (QED) is 0.785. The van der Waals surface area contributed by atoms with Crippen LogP contribution in [-0.4, -0.2) is 60.1 Å². The van der Waals surface area contributed by atoms with Gasteiger partial charge in [0.15, 0.2) is 6.10 Å². The zero-order valence-corrected chi connectivity index (χ0v) is 16.3. The molecule has 2 unspecified atom stereocenters. The van der Waals surface area contributed by atoms with E-state index in [0.717, 1.165) is 27.2 Å². The van der Waals surface area contributed by atoms with E-state index in [2.05, 4.69) is 0 Å². The number of rotatable bonds is 4. The Morgan fingerprint density at radius 3 is 2.16 bits per heavy atom. The Bertz CT molecular complexity index is 948. The topological polar surface area (TPSA) is 76.1 Å². The molecular weight excluding hydrogens is 415 g/mol. The number of carbonyl (C=O) groups is 2. The Hall–Kier alpha value is -3.07. The fraction of sp³-hybridized carbons (Fsp3) is 0.364. The van der Waals surface area contributed by atoms with Crippen molar-refractivity contribution in [2.45, 2.75) is 30.7 Å². The fourth-order valence-electron chi connectivity index (χ4n) is 4.16. The maximum atomic E-state index is 13.2. The van der Waals surface area contributed by atoms with Gasteiger partial charge in [0.2, 0.25) is 0 Å². The summed E-state index contributed by atoms with van der Waals surface area (Å²) in [6.07, 6.45) is -9.81. The van der Waals surface area contributed by atoms with E-state index in [1.54, 1.807) is 0 Å². The molecular formula is C22H20F3NO5. The summed E-state index contributed by atoms with van der Waals surface area (Å²) in [6, 6.07) is 15.4. The summed E-state index contributed by atoms with van der Waals surface area (Å²) in [5.74, 6) is -1.54. The predicted octanol–water partition coefficient (Wildman–Crippen LogP) is 4.04. The Labute approximate surface area is 176 Å². The molecule has 1 fully saturated rings. The van der Waals surface area contributed by atoms with Crippen LogP contribution in [0.4, 0.5) is 18.0 Å². The lowest BCUT2D eigenvalue weighted by atomic mass is 9.98. The number of fused-ring (bicyclic) bond motifs is 3. The number of aliphatic carboxylic acids is 1. The van der Waals surface area contributed by atoms with Crippen LogP contribution in [0.15, 0.2) is 48.5 Å². The highest BCUT2D eigenvalue weighted by molar-refractivity contribution is 5.79. The molecule has 1 heterocycles. The maximum absolute atomic E-state index is 13.2. The van der Waals surface area contributed by atoms with Crippen molar-refractivity contribution in [2.24, 2.45) is 0 Å². The Morgan fingerprint density at radius 1 is 1.03 bits per heavy atom. The average Bonchev–Trinajstić information content (AvgIpc) is 3.04. The van der Waals surface area contributed by atoms with Gasteiger partial charge in [0.25, 0.3) is 0 Å². The first-order valence-electron chi connectivity index (χ1n) is 9.78. The number of amides is 1. The second kappa shape index (κ2) is 8.22. The number of carboxylic acids is 1. The van der Waals surface area contributed by atoms with Gasteiger partial charge >= 0.3 is 18.2 Å². The van der Waals surface area contributed by atoms with E-state index in [1.807, 2.05) is 48.5 Å². The summed E-state index contributed by atoms with van der Waals surface area (Å²) in [6.45, 7) is -1.06. The van der Waals surface area contributed by atoms with Crippen LogP contribution in [0.2, 0.25) is 0 Å². The highest BCUT2D eigenvalue weighted by Gasteiger charge is 2.47. The zero-order valence-electron chi connectivity index (χ0n) is 16.3. The number of halogens is 3. The summed E-state index contributed by atoms with van der Waals surface area (Å²) >= 11 is 0. The number of ether oxygens (including phenoxy) is 2. The predicted molar refractivity (Wildman–Crippen MR) is 104 cm³/mol. The van der Waals surface area contributed by atoms with Crippen LogP contribution in [0.3, 0.4) is 0 Å². The van der Waals surface area contributed by atoms with Crippen molar-refractivity contribution in [3.05, 3.63) is 59.7 Å². The van der Waals surface area contributed by atoms with E-state index in [-0.39, 0.29) is 19.1 Å². The molecule has 9 heteroatoms. The van der Waals surface area contributed by atoms with Gasteiger partial charge in [-0.15, -0.1) is 0 Å². The number of carboxylic acid groups (broad SMARTS) is 1. The zero-order chi connectivity index (χ0) is 22.2. The molecule has 1 aliphatic carbocycles. The first-order valence-corrected chi connectivity index (χ1v) is 9.78. The molecule has 2 aliphatic rings. The molecule has 1 N–H and O–H groups in total. The molecule has 1 amide bonds. The van der Waals surface area contributed by atoms with Gasteiger partial charge < -0.3 is 19.5 Å². The monoisotopic (exact) mass is 435 g/mol. The first kappa shape index (κ1) is 21.2. The lowest BCUT2D eigenvalue weighted by Crippen LogP contribution is -2.55. The molecule has 0 radical (unpaired) electrons. The molecule has 164 valence electrons. The number of morpholine rings is 1. The summed E-state index contributed by atoms with van der Waals surface area (Å²) < 4.78 is 49.9. The van der Waals surface area contributed by atoms with E-state index >= 15 is 0 Å². The second-order valence-corrected chi connectivity index (χ2v) is 7.60. The standard InChI is InChI=1S/C22H20F3NO5/c23-22(24,25)19-11-26(10-13(31-19)9-20(27)28)21(29)30-12-18-16-7-3-1-5-14(16)15-6-2-4-8-17(15)18/h1-8,13,18-19H,9-12H2,(H,27,28). The Kier molecular flexibility index (Phi) is 5.62. The molecule has 31 heavy (non-hydrogen) atoms. The van der Waals surface area contributed by atoms with Gasteiger partial charge in [-0.2, -0.15) is 13.2 Å². The molecule has 2 atom stereocenters. The maximum Gasteiger partial charge on any atom is 0.416 e. The highest BCUT2D eigenvalue weighted by atomic mass is 19.4. The first-order chi connectivity index (χ1) is 14.7. The van der Waals surface area contributed by atoms with Crippen molar-refractivity contribution in [1.29, 1.82) is 0 Å². The van der Waals surface area contributed by atoms with Crippen LogP contribution in [0.5, 0.6) is 0 Å². The van der Waals surface area contributed by atoms with Gasteiger partial charge in [0.1, 0.15) is 6.61 Å². The van der Waals surface area contributed by atoms with Crippen LogP contribution in [0.25, 0.3) is 11.1 Å². The van der Waals surface area contributed by atoms with Crippen molar-refractivity contribution < 1.29 is 37.3 Å². The highest BCUT2D eigenvalue weighted by Crippen LogP contribution is 2.44. The minimum atomic E-state index is -4.72. The summed E-state index contributed by atoms with van der Waals surface area (Å²) in [5, 5.41) is 8.92. The minimum Gasteiger partial charge on any atom is -0.481 e. The molecule has 1 saturated heterocycles. The normalized spacial score (nSPS) is 20.8. The van der Waals surface area contributed by atoms with Gasteiger partial charge in [0, 0.05) is 5.92 Å². The third-order valence-corrected chi connectivity index (χ3v) is 5.53. The fourth-order valence-corrected chi connectivity index (χ4v) is 4.16. The molecule has 0 saturated carbocycles. The molecule has 0 spiro atoms. The summed E-state index contributed by atoms with van der Waals surface area (Å²) in [7, 11) is 0. The molecule has 0 bridgehead atoms.